The van der Waals surface area contributed by atoms with Gasteiger partial charge in [0.1, 0.15) is 0 Å². The first kappa shape index (κ1) is 5.02. The molecule has 0 aromatic carbocycles. The molecule has 0 fully saturated rings. The van der Waals surface area contributed by atoms with Crippen LogP contribution in [0.3, 0.4) is 0 Å². The van der Waals surface area contributed by atoms with Crippen LogP contribution in [0.2, 0.25) is 6.22 Å². The maximum absolute atomic E-state index is 10.9. The molecule has 0 amide bonds. The van der Waals surface area contributed by atoms with E-state index in [1.807, 2.05) is 0 Å². The highest BCUT2D eigenvalue weighted by atomic mass is 19.1. The molecule has 0 rings (SSSR count). The van der Waals surface area contributed by atoms with Crippen LogP contribution in [0.5, 0.6) is 0 Å². The molecule has 4 heteroatoms. The fraction of sp³-hybridized carbons (Fsp3) is 1.00. The van der Waals surface area contributed by atoms with Crippen molar-refractivity contribution in [3.05, 3.63) is 0 Å². The summed E-state index contributed by atoms with van der Waals surface area (Å²) in [6.45, 7) is 0. The zero-order valence-corrected chi connectivity index (χ0v) is 2.69. The van der Waals surface area contributed by atoms with Crippen LogP contribution in [-0.2, 0) is 0 Å². The second-order valence-electron chi connectivity index (χ2n) is 0.670. The van der Waals surface area contributed by atoms with Gasteiger partial charge in [-0.25, -0.2) is 0 Å². The molecule has 0 aliphatic heterocycles. The van der Waals surface area contributed by atoms with Crippen molar-refractivity contribution >= 4 is 15.0 Å². The van der Waals surface area contributed by atoms with Gasteiger partial charge in [0.2, 0.25) is 0 Å². The van der Waals surface area contributed by atoms with Crippen molar-refractivity contribution in [2.75, 3.05) is 0 Å². The first-order valence-corrected chi connectivity index (χ1v) is 1.29. The van der Waals surface area contributed by atoms with Gasteiger partial charge in [0, 0.05) is 0 Å². The van der Waals surface area contributed by atoms with Crippen molar-refractivity contribution in [3.63, 3.8) is 0 Å². The van der Waals surface area contributed by atoms with Crippen LogP contribution < -0.4 is 0 Å². The third-order valence-corrected chi connectivity index (χ3v) is 0.194. The standard InChI is InChI=1S/CH3B2FO/c2-1-3(4)5/h5H,1H2. The first-order valence-electron chi connectivity index (χ1n) is 1.29. The van der Waals surface area contributed by atoms with E-state index in [1.54, 1.807) is 0 Å². The Kier molecular flexibility index (Phi) is 2.28. The Hall–Kier alpha value is 0.0199. The molecule has 0 aliphatic rings. The Labute approximate surface area is 31.8 Å². The molecule has 0 aromatic rings. The topological polar surface area (TPSA) is 20.2 Å². The Morgan fingerprint density at radius 3 is 2.20 bits per heavy atom. The van der Waals surface area contributed by atoms with Crippen molar-refractivity contribution < 1.29 is 9.34 Å². The van der Waals surface area contributed by atoms with E-state index in [4.69, 9.17) is 5.02 Å². The van der Waals surface area contributed by atoms with Gasteiger partial charge in [-0.05, 0) is 6.22 Å². The summed E-state index contributed by atoms with van der Waals surface area (Å²) in [7, 11) is 2.71. The number of hydrogen-bond acceptors (Lipinski definition) is 1. The molecule has 0 atom stereocenters. The molecule has 0 spiro atoms. The summed E-state index contributed by atoms with van der Waals surface area (Å²) >= 11 is 0. The van der Waals surface area contributed by atoms with Gasteiger partial charge >= 0.3 is 7.19 Å². The smallest absolute Gasteiger partial charge is 0.424 e. The molecule has 1 N–H and O–H groups in total. The lowest BCUT2D eigenvalue weighted by molar-refractivity contribution is 0.503. The van der Waals surface area contributed by atoms with Crippen LogP contribution in [0.4, 0.5) is 4.32 Å². The molecular formula is CH3B2FO. The van der Waals surface area contributed by atoms with Gasteiger partial charge in [-0.1, -0.05) is 0 Å². The van der Waals surface area contributed by atoms with Crippen LogP contribution in [0.25, 0.3) is 0 Å². The van der Waals surface area contributed by atoms with E-state index >= 15 is 0 Å². The van der Waals surface area contributed by atoms with Crippen molar-refractivity contribution in [1.82, 2.24) is 0 Å². The van der Waals surface area contributed by atoms with Crippen LogP contribution in [0, 0.1) is 0 Å². The monoisotopic (exact) mass is 72.0 g/mol. The van der Waals surface area contributed by atoms with Gasteiger partial charge in [0.05, 0.1) is 7.85 Å². The van der Waals surface area contributed by atoms with Crippen LogP contribution in [-0.4, -0.2) is 20.1 Å². The summed E-state index contributed by atoms with van der Waals surface area (Å²) < 4.78 is 10.9. The summed E-state index contributed by atoms with van der Waals surface area (Å²) in [6.07, 6.45) is -0.306. The van der Waals surface area contributed by atoms with E-state index in [-0.39, 0.29) is 6.22 Å². The Morgan fingerprint density at radius 2 is 2.20 bits per heavy atom. The third kappa shape index (κ3) is 4.02. The molecule has 0 unspecified atom stereocenters. The molecule has 0 saturated heterocycles. The molecule has 0 aromatic heterocycles. The summed E-state index contributed by atoms with van der Waals surface area (Å²) in [5.41, 5.74) is 0. The summed E-state index contributed by atoms with van der Waals surface area (Å²) in [6, 6.07) is 0. The van der Waals surface area contributed by atoms with E-state index in [0.29, 0.717) is 0 Å². The fourth-order valence-electron chi connectivity index (χ4n) is 0. The van der Waals surface area contributed by atoms with Gasteiger partial charge in [-0.15, -0.1) is 0 Å². The zero-order valence-electron chi connectivity index (χ0n) is 2.69. The number of rotatable bonds is 1. The SMILES string of the molecule is [B]CB(O)F. The maximum Gasteiger partial charge on any atom is 0.488 e. The minimum atomic E-state index is -1.84. The van der Waals surface area contributed by atoms with E-state index in [2.05, 4.69) is 7.85 Å². The average molecular weight is 71.7 g/mol. The molecule has 0 saturated carbocycles. The summed E-state index contributed by atoms with van der Waals surface area (Å²) in [4.78, 5) is 0. The van der Waals surface area contributed by atoms with Crippen molar-refractivity contribution in [2.45, 2.75) is 6.22 Å². The van der Waals surface area contributed by atoms with Crippen molar-refractivity contribution in [3.8, 4) is 0 Å². The molecule has 5 heavy (non-hydrogen) atoms. The molecule has 0 bridgehead atoms. The minimum absolute atomic E-state index is 0.306. The maximum atomic E-state index is 10.9. The molecule has 0 aliphatic carbocycles. The van der Waals surface area contributed by atoms with E-state index in [9.17, 15) is 4.32 Å². The van der Waals surface area contributed by atoms with Gasteiger partial charge < -0.3 is 5.02 Å². The molecule has 1 nitrogen and oxygen atoms in total. The molecule has 0 heterocycles. The lowest BCUT2D eigenvalue weighted by Crippen LogP contribution is -2.00. The molecule has 2 radical (unpaired) electrons. The lowest BCUT2D eigenvalue weighted by Gasteiger charge is -1.77. The van der Waals surface area contributed by atoms with Crippen molar-refractivity contribution in [1.29, 1.82) is 0 Å². The Bertz CT molecular complexity index is 23.6. The first-order chi connectivity index (χ1) is 2.27. The Morgan fingerprint density at radius 1 is 2.00 bits per heavy atom. The van der Waals surface area contributed by atoms with Crippen LogP contribution in [0.1, 0.15) is 0 Å². The minimum Gasteiger partial charge on any atom is -0.424 e. The average Bonchev–Trinajstić information content (AvgIpc) is 1.38. The van der Waals surface area contributed by atoms with Gasteiger partial charge in [-0.3, -0.25) is 4.32 Å². The summed E-state index contributed by atoms with van der Waals surface area (Å²) in [5.74, 6) is 0. The highest BCUT2D eigenvalue weighted by Crippen LogP contribution is 1.77. The zero-order chi connectivity index (χ0) is 4.28. The highest BCUT2D eigenvalue weighted by molar-refractivity contribution is 6.52. The predicted molar refractivity (Wildman–Crippen MR) is 19.6 cm³/mol. The quantitative estimate of drug-likeness (QED) is 0.416. The van der Waals surface area contributed by atoms with Crippen LogP contribution in [0.15, 0.2) is 0 Å². The lowest BCUT2D eigenvalue weighted by atomic mass is 9.77. The number of halogens is 1. The summed E-state index contributed by atoms with van der Waals surface area (Å²) in [5, 5.41) is 7.57. The van der Waals surface area contributed by atoms with E-state index in [0.717, 1.165) is 0 Å². The fourth-order valence-corrected chi connectivity index (χ4v) is 0. The largest absolute Gasteiger partial charge is 0.488 e. The van der Waals surface area contributed by atoms with Crippen molar-refractivity contribution in [2.24, 2.45) is 0 Å². The Balaban J connectivity index is 2.54. The second kappa shape index (κ2) is 2.27. The van der Waals surface area contributed by atoms with Gasteiger partial charge in [0.25, 0.3) is 0 Å². The second-order valence-corrected chi connectivity index (χ2v) is 0.670. The predicted octanol–water partition coefficient (Wildman–Crippen LogP) is -0.438. The normalized spacial score (nSPS) is 7.60. The molecule has 26 valence electrons. The highest BCUT2D eigenvalue weighted by Gasteiger charge is 2.00. The third-order valence-electron chi connectivity index (χ3n) is 0.194. The van der Waals surface area contributed by atoms with Gasteiger partial charge in [-0.2, -0.15) is 0 Å². The van der Waals surface area contributed by atoms with E-state index in [1.165, 1.54) is 0 Å². The van der Waals surface area contributed by atoms with Gasteiger partial charge in [0.15, 0.2) is 0 Å². The van der Waals surface area contributed by atoms with Crippen LogP contribution >= 0.6 is 0 Å². The number of hydrogen-bond donors (Lipinski definition) is 1. The molecular weight excluding hydrogens is 68.6 g/mol. The van der Waals surface area contributed by atoms with E-state index < -0.39 is 7.19 Å².